The maximum Gasteiger partial charge on any atom is 0.242 e. The summed E-state index contributed by atoms with van der Waals surface area (Å²) < 4.78 is 7.10. The Kier molecular flexibility index (Phi) is 6.49. The summed E-state index contributed by atoms with van der Waals surface area (Å²) in [6, 6.07) is 16.9. The van der Waals surface area contributed by atoms with Gasteiger partial charge in [0.2, 0.25) is 5.91 Å². The third-order valence-electron chi connectivity index (χ3n) is 4.13. The number of nitrogens with zero attached hydrogens (tertiary/aromatic N) is 3. The molecule has 1 aromatic heterocycles. The highest BCUT2D eigenvalue weighted by atomic mass is 32.2. The van der Waals surface area contributed by atoms with Crippen LogP contribution in [0.5, 0.6) is 5.75 Å². The number of amides is 1. The maximum atomic E-state index is 13.1. The molecule has 0 fully saturated rings. The monoisotopic (exact) mass is 394 g/mol. The maximum absolute atomic E-state index is 13.1. The summed E-state index contributed by atoms with van der Waals surface area (Å²) in [5.74, 6) is 1.39. The van der Waals surface area contributed by atoms with Crippen molar-refractivity contribution in [2.24, 2.45) is 0 Å². The number of carbonyl (C=O) groups is 1. The molecule has 0 saturated carbocycles. The molecule has 0 spiro atoms. The molecular formula is C21H22N4O2S. The SMILES string of the molecule is C=CCn1c(C)nnc1S[C@@H](C(=O)Nc1ccc(OC)cc1)c1ccccc1. The van der Waals surface area contributed by atoms with Gasteiger partial charge in [0.25, 0.3) is 0 Å². The minimum atomic E-state index is -0.476. The molecule has 7 heteroatoms. The molecule has 0 unspecified atom stereocenters. The first-order valence-corrected chi connectivity index (χ1v) is 9.67. The Balaban J connectivity index is 1.86. The van der Waals surface area contributed by atoms with E-state index in [2.05, 4.69) is 22.1 Å². The lowest BCUT2D eigenvalue weighted by Crippen LogP contribution is -2.19. The lowest BCUT2D eigenvalue weighted by Gasteiger charge is -2.17. The van der Waals surface area contributed by atoms with Crippen LogP contribution in [-0.2, 0) is 11.3 Å². The van der Waals surface area contributed by atoms with E-state index in [1.54, 1.807) is 13.2 Å². The van der Waals surface area contributed by atoms with E-state index in [1.807, 2.05) is 66.1 Å². The zero-order valence-electron chi connectivity index (χ0n) is 15.8. The summed E-state index contributed by atoms with van der Waals surface area (Å²) in [6.45, 7) is 6.26. The van der Waals surface area contributed by atoms with Gasteiger partial charge in [0.05, 0.1) is 7.11 Å². The second kappa shape index (κ2) is 9.23. The van der Waals surface area contributed by atoms with Gasteiger partial charge < -0.3 is 14.6 Å². The number of allylic oxidation sites excluding steroid dienone is 1. The number of methoxy groups -OCH3 is 1. The zero-order valence-corrected chi connectivity index (χ0v) is 16.6. The first-order valence-electron chi connectivity index (χ1n) is 8.79. The predicted molar refractivity (Wildman–Crippen MR) is 112 cm³/mol. The average molecular weight is 395 g/mol. The molecule has 0 aliphatic carbocycles. The standard InChI is InChI=1S/C21H22N4O2S/c1-4-14-25-15(2)23-24-21(25)28-19(16-8-6-5-7-9-16)20(26)22-17-10-12-18(27-3)13-11-17/h4-13,19H,1,14H2,2-3H3,(H,22,26)/t19-/m1/s1. The van der Waals surface area contributed by atoms with Gasteiger partial charge in [-0.1, -0.05) is 48.2 Å². The van der Waals surface area contributed by atoms with Crippen molar-refractivity contribution in [3.05, 3.63) is 78.6 Å². The van der Waals surface area contributed by atoms with Crippen LogP contribution in [0, 0.1) is 6.92 Å². The van der Waals surface area contributed by atoms with Gasteiger partial charge >= 0.3 is 0 Å². The Labute approximate surface area is 168 Å². The van der Waals surface area contributed by atoms with Crippen molar-refractivity contribution in [2.45, 2.75) is 23.9 Å². The molecule has 144 valence electrons. The summed E-state index contributed by atoms with van der Waals surface area (Å²) in [4.78, 5) is 13.1. The van der Waals surface area contributed by atoms with Crippen molar-refractivity contribution in [3.63, 3.8) is 0 Å². The van der Waals surface area contributed by atoms with Gasteiger partial charge in [-0.2, -0.15) is 0 Å². The minimum Gasteiger partial charge on any atom is -0.497 e. The largest absolute Gasteiger partial charge is 0.497 e. The van der Waals surface area contributed by atoms with Gasteiger partial charge in [0.15, 0.2) is 5.16 Å². The smallest absolute Gasteiger partial charge is 0.242 e. The first kappa shape index (κ1) is 19.7. The number of ether oxygens (including phenoxy) is 1. The molecule has 0 aliphatic heterocycles. The topological polar surface area (TPSA) is 69.0 Å². The summed E-state index contributed by atoms with van der Waals surface area (Å²) in [5, 5.41) is 11.6. The summed E-state index contributed by atoms with van der Waals surface area (Å²) >= 11 is 1.37. The van der Waals surface area contributed by atoms with E-state index in [0.29, 0.717) is 17.4 Å². The highest BCUT2D eigenvalue weighted by Gasteiger charge is 2.25. The fourth-order valence-electron chi connectivity index (χ4n) is 2.68. The molecular weight excluding hydrogens is 372 g/mol. The molecule has 6 nitrogen and oxygen atoms in total. The number of hydrogen-bond donors (Lipinski definition) is 1. The Morgan fingerprint density at radius 3 is 2.57 bits per heavy atom. The van der Waals surface area contributed by atoms with Crippen LogP contribution in [0.25, 0.3) is 0 Å². The third kappa shape index (κ3) is 4.61. The first-order chi connectivity index (χ1) is 13.6. The van der Waals surface area contributed by atoms with E-state index in [4.69, 9.17) is 4.74 Å². The van der Waals surface area contributed by atoms with Crippen LogP contribution in [0.4, 0.5) is 5.69 Å². The van der Waals surface area contributed by atoms with Crippen molar-refractivity contribution in [1.82, 2.24) is 14.8 Å². The fraction of sp³-hybridized carbons (Fsp3) is 0.190. The number of anilines is 1. The number of carbonyl (C=O) groups excluding carboxylic acids is 1. The second-order valence-electron chi connectivity index (χ2n) is 6.06. The normalized spacial score (nSPS) is 11.6. The Hall–Kier alpha value is -3.06. The Morgan fingerprint density at radius 1 is 1.21 bits per heavy atom. The van der Waals surface area contributed by atoms with Crippen LogP contribution in [0.15, 0.2) is 72.4 Å². The predicted octanol–water partition coefficient (Wildman–Crippen LogP) is 4.25. The van der Waals surface area contributed by atoms with Gasteiger partial charge in [-0.15, -0.1) is 16.8 Å². The number of nitrogens with one attached hydrogen (secondary N) is 1. The Morgan fingerprint density at radius 2 is 1.93 bits per heavy atom. The molecule has 0 radical (unpaired) electrons. The van der Waals surface area contributed by atoms with Gasteiger partial charge in [-0.25, -0.2) is 0 Å². The minimum absolute atomic E-state index is 0.132. The van der Waals surface area contributed by atoms with E-state index in [-0.39, 0.29) is 5.91 Å². The third-order valence-corrected chi connectivity index (χ3v) is 5.37. The molecule has 0 saturated heterocycles. The van der Waals surface area contributed by atoms with Crippen molar-refractivity contribution in [2.75, 3.05) is 12.4 Å². The molecule has 0 bridgehead atoms. The van der Waals surface area contributed by atoms with Crippen LogP contribution < -0.4 is 10.1 Å². The molecule has 1 heterocycles. The van der Waals surface area contributed by atoms with Gasteiger partial charge in [0.1, 0.15) is 16.8 Å². The van der Waals surface area contributed by atoms with E-state index >= 15 is 0 Å². The number of thioether (sulfide) groups is 1. The lowest BCUT2D eigenvalue weighted by atomic mass is 10.1. The summed E-state index contributed by atoms with van der Waals surface area (Å²) in [6.07, 6.45) is 1.79. The van der Waals surface area contributed by atoms with E-state index < -0.39 is 5.25 Å². The molecule has 0 aliphatic rings. The quantitative estimate of drug-likeness (QED) is 0.457. The van der Waals surface area contributed by atoms with Crippen LogP contribution in [0.2, 0.25) is 0 Å². The number of hydrogen-bond acceptors (Lipinski definition) is 5. The van der Waals surface area contributed by atoms with Crippen molar-refractivity contribution in [3.8, 4) is 5.75 Å². The van der Waals surface area contributed by atoms with E-state index in [1.165, 1.54) is 11.8 Å². The average Bonchev–Trinajstić information content (AvgIpc) is 3.07. The molecule has 2 aromatic carbocycles. The van der Waals surface area contributed by atoms with Crippen LogP contribution in [0.1, 0.15) is 16.6 Å². The van der Waals surface area contributed by atoms with Crippen LogP contribution >= 0.6 is 11.8 Å². The van der Waals surface area contributed by atoms with Crippen molar-refractivity contribution in [1.29, 1.82) is 0 Å². The molecule has 3 aromatic rings. The molecule has 1 atom stereocenters. The van der Waals surface area contributed by atoms with Crippen molar-refractivity contribution >= 4 is 23.4 Å². The number of benzene rings is 2. The zero-order chi connectivity index (χ0) is 19.9. The highest BCUT2D eigenvalue weighted by Crippen LogP contribution is 2.35. The molecule has 1 amide bonds. The Bertz CT molecular complexity index is 939. The van der Waals surface area contributed by atoms with Crippen LogP contribution in [-0.4, -0.2) is 27.8 Å². The molecule has 28 heavy (non-hydrogen) atoms. The second-order valence-corrected chi connectivity index (χ2v) is 7.13. The number of aromatic nitrogens is 3. The lowest BCUT2D eigenvalue weighted by molar-refractivity contribution is -0.115. The van der Waals surface area contributed by atoms with Gasteiger partial charge in [0, 0.05) is 12.2 Å². The molecule has 3 rings (SSSR count). The highest BCUT2D eigenvalue weighted by molar-refractivity contribution is 8.00. The van der Waals surface area contributed by atoms with E-state index in [9.17, 15) is 4.79 Å². The summed E-state index contributed by atoms with van der Waals surface area (Å²) in [7, 11) is 1.61. The van der Waals surface area contributed by atoms with Crippen molar-refractivity contribution < 1.29 is 9.53 Å². The fourth-order valence-corrected chi connectivity index (χ4v) is 3.77. The van der Waals surface area contributed by atoms with Gasteiger partial charge in [-0.3, -0.25) is 4.79 Å². The van der Waals surface area contributed by atoms with Crippen LogP contribution in [0.3, 0.4) is 0 Å². The number of aryl methyl sites for hydroxylation is 1. The van der Waals surface area contributed by atoms with E-state index in [0.717, 1.165) is 17.1 Å². The van der Waals surface area contributed by atoms with Gasteiger partial charge in [-0.05, 0) is 36.8 Å². The summed E-state index contributed by atoms with van der Waals surface area (Å²) in [5.41, 5.74) is 1.60. The number of rotatable bonds is 8. The molecule has 1 N–H and O–H groups in total.